The van der Waals surface area contributed by atoms with Crippen molar-refractivity contribution in [2.75, 3.05) is 13.7 Å². The average molecular weight is 232 g/mol. The van der Waals surface area contributed by atoms with Crippen LogP contribution < -0.4 is 5.73 Å². The minimum atomic E-state index is -0.730. The molecule has 0 aliphatic carbocycles. The predicted molar refractivity (Wildman–Crippen MR) is 55.5 cm³/mol. The number of hydrogen-bond donors (Lipinski definition) is 1. The molecule has 1 aromatic carbocycles. The van der Waals surface area contributed by atoms with Crippen molar-refractivity contribution < 1.29 is 13.9 Å². The second-order valence-electron chi connectivity index (χ2n) is 3.00. The molecule has 0 aliphatic heterocycles. The second-order valence-corrected chi connectivity index (χ2v) is 3.41. The maximum Gasteiger partial charge on any atom is 0.179 e. The molecule has 0 fully saturated rings. The van der Waals surface area contributed by atoms with Crippen molar-refractivity contribution in [3.05, 3.63) is 34.1 Å². The molecule has 1 aromatic rings. The van der Waals surface area contributed by atoms with Crippen molar-refractivity contribution in [3.8, 4) is 0 Å². The van der Waals surface area contributed by atoms with Crippen LogP contribution in [0, 0.1) is 5.82 Å². The van der Waals surface area contributed by atoms with E-state index in [0.717, 1.165) is 0 Å². The van der Waals surface area contributed by atoms with Gasteiger partial charge in [-0.1, -0.05) is 11.6 Å². The molecular weight excluding hydrogens is 221 g/mol. The quantitative estimate of drug-likeness (QED) is 0.804. The molecule has 0 radical (unpaired) electrons. The zero-order valence-electron chi connectivity index (χ0n) is 8.22. The molecule has 15 heavy (non-hydrogen) atoms. The van der Waals surface area contributed by atoms with E-state index in [0.29, 0.717) is 5.56 Å². The van der Waals surface area contributed by atoms with E-state index in [1.807, 2.05) is 0 Å². The summed E-state index contributed by atoms with van der Waals surface area (Å²) in [7, 11) is 1.50. The van der Waals surface area contributed by atoms with Crippen LogP contribution in [0.4, 0.5) is 4.39 Å². The summed E-state index contributed by atoms with van der Waals surface area (Å²) in [5.41, 5.74) is 5.71. The van der Waals surface area contributed by atoms with Crippen LogP contribution in [-0.4, -0.2) is 19.4 Å². The van der Waals surface area contributed by atoms with Gasteiger partial charge in [0.2, 0.25) is 0 Å². The van der Waals surface area contributed by atoms with Crippen LogP contribution in [0.2, 0.25) is 5.02 Å². The smallest absolute Gasteiger partial charge is 0.179 e. The third kappa shape index (κ3) is 2.75. The molecule has 3 nitrogen and oxygen atoms in total. The summed E-state index contributed by atoms with van der Waals surface area (Å²) in [5, 5.41) is -0.0960. The van der Waals surface area contributed by atoms with Crippen molar-refractivity contribution in [2.24, 2.45) is 5.73 Å². The highest BCUT2D eigenvalue weighted by molar-refractivity contribution is 6.31. The molecule has 0 saturated heterocycles. The Bertz CT molecular complexity index is 382. The Morgan fingerprint density at radius 2 is 2.27 bits per heavy atom. The minimum Gasteiger partial charge on any atom is -0.380 e. The zero-order valence-corrected chi connectivity index (χ0v) is 8.97. The molecule has 0 bridgehead atoms. The third-order valence-electron chi connectivity index (χ3n) is 1.88. The number of carbonyl (C=O) groups is 1. The summed E-state index contributed by atoms with van der Waals surface area (Å²) in [6, 6.07) is 2.83. The number of ketones is 1. The van der Waals surface area contributed by atoms with Gasteiger partial charge in [-0.05, 0) is 17.7 Å². The molecule has 0 amide bonds. The van der Waals surface area contributed by atoms with E-state index < -0.39 is 11.6 Å². The Balaban J connectivity index is 3.18. The highest BCUT2D eigenvalue weighted by atomic mass is 35.5. The van der Waals surface area contributed by atoms with Gasteiger partial charge in [0.15, 0.2) is 11.6 Å². The van der Waals surface area contributed by atoms with Crippen molar-refractivity contribution >= 4 is 17.4 Å². The summed E-state index contributed by atoms with van der Waals surface area (Å²) in [4.78, 5) is 11.3. The van der Waals surface area contributed by atoms with E-state index in [1.54, 1.807) is 0 Å². The van der Waals surface area contributed by atoms with Crippen LogP contribution in [0.3, 0.4) is 0 Å². The van der Waals surface area contributed by atoms with Crippen LogP contribution in [0.25, 0.3) is 0 Å². The van der Waals surface area contributed by atoms with E-state index in [2.05, 4.69) is 0 Å². The maximum absolute atomic E-state index is 13.4. The molecular formula is C10H11ClFNO2. The number of ether oxygens (including phenoxy) is 1. The van der Waals surface area contributed by atoms with Gasteiger partial charge in [0.25, 0.3) is 0 Å². The number of carbonyl (C=O) groups excluding carboxylic acids is 1. The second kappa shape index (κ2) is 5.21. The summed E-state index contributed by atoms with van der Waals surface area (Å²) in [6.45, 7) is 0.0224. The fourth-order valence-electron chi connectivity index (χ4n) is 1.21. The lowest BCUT2D eigenvalue weighted by Gasteiger charge is -2.06. The Morgan fingerprint density at radius 1 is 1.60 bits per heavy atom. The Hall–Kier alpha value is -0.970. The maximum atomic E-state index is 13.4. The lowest BCUT2D eigenvalue weighted by molar-refractivity contribution is 0.0997. The number of rotatable bonds is 4. The van der Waals surface area contributed by atoms with E-state index in [1.165, 1.54) is 19.2 Å². The van der Waals surface area contributed by atoms with Gasteiger partial charge in [0.1, 0.15) is 0 Å². The summed E-state index contributed by atoms with van der Waals surface area (Å²) >= 11 is 5.63. The fraction of sp³-hybridized carbons (Fsp3) is 0.300. The molecule has 0 atom stereocenters. The van der Waals surface area contributed by atoms with Gasteiger partial charge in [0, 0.05) is 7.11 Å². The molecule has 2 N–H and O–H groups in total. The van der Waals surface area contributed by atoms with Crippen LogP contribution in [-0.2, 0) is 11.3 Å². The van der Waals surface area contributed by atoms with Crippen molar-refractivity contribution in [1.82, 2.24) is 0 Å². The van der Waals surface area contributed by atoms with Crippen LogP contribution >= 0.6 is 11.6 Å². The SMILES string of the molecule is COCc1cc(Cl)c(F)c(C(=O)CN)c1. The zero-order chi connectivity index (χ0) is 11.4. The third-order valence-corrected chi connectivity index (χ3v) is 2.16. The first-order chi connectivity index (χ1) is 7.10. The highest BCUT2D eigenvalue weighted by Crippen LogP contribution is 2.21. The molecule has 5 heteroatoms. The summed E-state index contributed by atoms with van der Waals surface area (Å²) < 4.78 is 18.3. The number of nitrogens with two attached hydrogens (primary N) is 1. The molecule has 82 valence electrons. The van der Waals surface area contributed by atoms with Gasteiger partial charge in [-0.2, -0.15) is 0 Å². The number of methoxy groups -OCH3 is 1. The standard InChI is InChI=1S/C10H11ClFNO2/c1-15-5-6-2-7(9(14)4-13)10(12)8(11)3-6/h2-3H,4-5,13H2,1H3. The van der Waals surface area contributed by atoms with Gasteiger partial charge in [-0.3, -0.25) is 4.79 Å². The number of halogens is 2. The van der Waals surface area contributed by atoms with E-state index in [4.69, 9.17) is 22.1 Å². The van der Waals surface area contributed by atoms with Gasteiger partial charge < -0.3 is 10.5 Å². The number of hydrogen-bond acceptors (Lipinski definition) is 3. The number of Topliss-reactive ketones (excluding diaryl/α,β-unsaturated/α-hetero) is 1. The lowest BCUT2D eigenvalue weighted by atomic mass is 10.1. The molecule has 0 spiro atoms. The van der Waals surface area contributed by atoms with Crippen LogP contribution in [0.1, 0.15) is 15.9 Å². The van der Waals surface area contributed by atoms with E-state index in [-0.39, 0.29) is 23.7 Å². The molecule has 1 rings (SSSR count). The Kier molecular flexibility index (Phi) is 4.20. The first-order valence-corrected chi connectivity index (χ1v) is 4.68. The van der Waals surface area contributed by atoms with Crippen LogP contribution in [0.15, 0.2) is 12.1 Å². The predicted octanol–water partition coefficient (Wildman–Crippen LogP) is 1.77. The minimum absolute atomic E-state index is 0.0861. The molecule has 0 heterocycles. The Labute approximate surface area is 92.0 Å². The molecule has 0 aromatic heterocycles. The van der Waals surface area contributed by atoms with E-state index >= 15 is 0 Å². The summed E-state index contributed by atoms with van der Waals surface area (Å²) in [5.74, 6) is -1.21. The normalized spacial score (nSPS) is 10.4. The first-order valence-electron chi connectivity index (χ1n) is 4.30. The fourth-order valence-corrected chi connectivity index (χ4v) is 1.45. The van der Waals surface area contributed by atoms with Gasteiger partial charge >= 0.3 is 0 Å². The van der Waals surface area contributed by atoms with Crippen LogP contribution in [0.5, 0.6) is 0 Å². The molecule has 0 aliphatic rings. The largest absolute Gasteiger partial charge is 0.380 e. The van der Waals surface area contributed by atoms with Crippen molar-refractivity contribution in [1.29, 1.82) is 0 Å². The van der Waals surface area contributed by atoms with E-state index in [9.17, 15) is 9.18 Å². The van der Waals surface area contributed by atoms with Crippen molar-refractivity contribution in [3.63, 3.8) is 0 Å². The Morgan fingerprint density at radius 3 is 2.80 bits per heavy atom. The monoisotopic (exact) mass is 231 g/mol. The first kappa shape index (κ1) is 12.1. The molecule has 0 unspecified atom stereocenters. The van der Waals surface area contributed by atoms with Gasteiger partial charge in [0.05, 0.1) is 23.7 Å². The van der Waals surface area contributed by atoms with Gasteiger partial charge in [-0.25, -0.2) is 4.39 Å². The number of benzene rings is 1. The topological polar surface area (TPSA) is 52.3 Å². The van der Waals surface area contributed by atoms with Gasteiger partial charge in [-0.15, -0.1) is 0 Å². The molecule has 0 saturated carbocycles. The highest BCUT2D eigenvalue weighted by Gasteiger charge is 2.14. The summed E-state index contributed by atoms with van der Waals surface area (Å²) in [6.07, 6.45) is 0. The lowest BCUT2D eigenvalue weighted by Crippen LogP contribution is -2.15. The van der Waals surface area contributed by atoms with Crippen molar-refractivity contribution in [2.45, 2.75) is 6.61 Å². The average Bonchev–Trinajstić information content (AvgIpc) is 2.22.